The van der Waals surface area contributed by atoms with Gasteiger partial charge in [0.05, 0.1) is 0 Å². The molecule has 0 saturated carbocycles. The molecule has 0 saturated heterocycles. The van der Waals surface area contributed by atoms with Gasteiger partial charge in [0.1, 0.15) is 0 Å². The monoisotopic (exact) mass is 169 g/mol. The van der Waals surface area contributed by atoms with Gasteiger partial charge in [-0.3, -0.25) is 0 Å². The van der Waals surface area contributed by atoms with Gasteiger partial charge in [-0.1, -0.05) is 0 Å². The van der Waals surface area contributed by atoms with Gasteiger partial charge >= 0.3 is 8.69 Å². The van der Waals surface area contributed by atoms with Crippen molar-refractivity contribution in [1.29, 1.82) is 0 Å². The number of hydrogen-bond acceptors (Lipinski definition) is 3. The molecular formula is C5H14O4P+. The predicted molar refractivity (Wildman–Crippen MR) is 39.3 cm³/mol. The smallest absolute Gasteiger partial charge is 0.354 e. The van der Waals surface area contributed by atoms with Crippen LogP contribution in [-0.2, 0) is 14.0 Å². The SMILES string of the molecule is COC(C)(C)OC.O=[PH+]O. The predicted octanol–water partition coefficient (Wildman–Crippen LogP) is 0.933. The molecule has 5 heteroatoms. The van der Waals surface area contributed by atoms with Crippen LogP contribution in [0.15, 0.2) is 0 Å². The van der Waals surface area contributed by atoms with E-state index in [9.17, 15) is 0 Å². The van der Waals surface area contributed by atoms with Crippen molar-refractivity contribution in [2.24, 2.45) is 0 Å². The largest absolute Gasteiger partial charge is 0.491 e. The van der Waals surface area contributed by atoms with E-state index in [0.29, 0.717) is 0 Å². The molecule has 1 unspecified atom stereocenters. The molecule has 0 aromatic carbocycles. The Kier molecular flexibility index (Phi) is 8.96. The van der Waals surface area contributed by atoms with Gasteiger partial charge in [0.25, 0.3) is 0 Å². The standard InChI is InChI=1S/C5H12O2.HO2P/c1-5(2,6-3)7-4;1-3-2/h1-4H3;3H/p+1. The molecule has 62 valence electrons. The first-order valence-electron chi connectivity index (χ1n) is 2.65. The third kappa shape index (κ3) is 10.9. The van der Waals surface area contributed by atoms with Crippen LogP contribution in [0.2, 0.25) is 0 Å². The first kappa shape index (κ1) is 12.6. The molecule has 0 aromatic heterocycles. The maximum atomic E-state index is 8.51. The lowest BCUT2D eigenvalue weighted by Crippen LogP contribution is -2.24. The summed E-state index contributed by atoms with van der Waals surface area (Å²) in [6.45, 7) is 3.71. The average Bonchev–Trinajstić information content (AvgIpc) is 1.90. The van der Waals surface area contributed by atoms with Crippen LogP contribution in [0, 0.1) is 0 Å². The summed E-state index contributed by atoms with van der Waals surface area (Å²) in [6.07, 6.45) is 0. The van der Waals surface area contributed by atoms with Gasteiger partial charge in [0.2, 0.25) is 0 Å². The summed E-state index contributed by atoms with van der Waals surface area (Å²) in [6, 6.07) is 0. The van der Waals surface area contributed by atoms with Gasteiger partial charge in [-0.2, -0.15) is 4.89 Å². The van der Waals surface area contributed by atoms with Crippen molar-refractivity contribution in [2.75, 3.05) is 14.2 Å². The van der Waals surface area contributed by atoms with Crippen LogP contribution < -0.4 is 0 Å². The van der Waals surface area contributed by atoms with Crippen molar-refractivity contribution < 1.29 is 18.9 Å². The zero-order chi connectivity index (χ0) is 8.62. The van der Waals surface area contributed by atoms with Crippen LogP contribution in [0.3, 0.4) is 0 Å². The molecule has 0 fully saturated rings. The maximum absolute atomic E-state index is 8.51. The van der Waals surface area contributed by atoms with E-state index in [1.54, 1.807) is 14.2 Å². The fourth-order valence-corrected chi connectivity index (χ4v) is 0.0833. The van der Waals surface area contributed by atoms with E-state index in [1.807, 2.05) is 13.8 Å². The van der Waals surface area contributed by atoms with Gasteiger partial charge in [-0.25, -0.2) is 0 Å². The molecule has 0 aliphatic heterocycles. The normalized spacial score (nSPS) is 10.5. The van der Waals surface area contributed by atoms with Gasteiger partial charge in [-0.15, -0.1) is 0 Å². The molecule has 1 atom stereocenters. The van der Waals surface area contributed by atoms with Crippen molar-refractivity contribution in [2.45, 2.75) is 19.6 Å². The van der Waals surface area contributed by atoms with E-state index >= 15 is 0 Å². The highest BCUT2D eigenvalue weighted by Gasteiger charge is 2.11. The molecule has 0 rings (SSSR count). The highest BCUT2D eigenvalue weighted by Crippen LogP contribution is 2.05. The zero-order valence-electron chi connectivity index (χ0n) is 6.67. The Balaban J connectivity index is 0. The Morgan fingerprint density at radius 2 is 1.50 bits per heavy atom. The van der Waals surface area contributed by atoms with Crippen LogP contribution in [0.25, 0.3) is 0 Å². The lowest BCUT2D eigenvalue weighted by atomic mass is 10.4. The summed E-state index contributed by atoms with van der Waals surface area (Å²) < 4.78 is 18.2. The second kappa shape index (κ2) is 7.09. The summed E-state index contributed by atoms with van der Waals surface area (Å²) in [5, 5.41) is 0. The summed E-state index contributed by atoms with van der Waals surface area (Å²) in [5.74, 6) is -0.417. The van der Waals surface area contributed by atoms with Crippen molar-refractivity contribution in [3.8, 4) is 0 Å². The van der Waals surface area contributed by atoms with Crippen molar-refractivity contribution >= 4 is 8.69 Å². The van der Waals surface area contributed by atoms with Gasteiger partial charge < -0.3 is 9.47 Å². The summed E-state index contributed by atoms with van der Waals surface area (Å²) in [4.78, 5) is 7.04. The van der Waals surface area contributed by atoms with Crippen molar-refractivity contribution in [1.82, 2.24) is 0 Å². The molecular weight excluding hydrogens is 155 g/mol. The number of ether oxygens (including phenoxy) is 2. The Morgan fingerprint density at radius 1 is 1.30 bits per heavy atom. The van der Waals surface area contributed by atoms with E-state index in [4.69, 9.17) is 18.9 Å². The number of methoxy groups -OCH3 is 2. The minimum absolute atomic E-state index is 0.417. The molecule has 1 N–H and O–H groups in total. The molecule has 0 spiro atoms. The Bertz CT molecular complexity index is 77.7. The van der Waals surface area contributed by atoms with Crippen LogP contribution in [0.5, 0.6) is 0 Å². The van der Waals surface area contributed by atoms with E-state index in [-0.39, 0.29) is 0 Å². The fourth-order valence-electron chi connectivity index (χ4n) is 0.0833. The third-order valence-electron chi connectivity index (χ3n) is 0.983. The summed E-state index contributed by atoms with van der Waals surface area (Å²) in [5.41, 5.74) is 0. The lowest BCUT2D eigenvalue weighted by Gasteiger charge is -2.19. The maximum Gasteiger partial charge on any atom is 0.491 e. The van der Waals surface area contributed by atoms with Gasteiger partial charge in [0, 0.05) is 14.2 Å². The molecule has 0 amide bonds. The quantitative estimate of drug-likeness (QED) is 0.493. The molecule has 0 aliphatic rings. The first-order valence-corrected chi connectivity index (χ1v) is 3.51. The van der Waals surface area contributed by atoms with E-state index in [0.717, 1.165) is 0 Å². The number of rotatable bonds is 2. The molecule has 4 nitrogen and oxygen atoms in total. The van der Waals surface area contributed by atoms with Gasteiger partial charge in [-0.05, 0) is 18.4 Å². The molecule has 0 radical (unpaired) electrons. The molecule has 10 heavy (non-hydrogen) atoms. The van der Waals surface area contributed by atoms with Gasteiger partial charge in [0.15, 0.2) is 5.79 Å². The molecule has 0 bridgehead atoms. The second-order valence-corrected chi connectivity index (χ2v) is 2.08. The topological polar surface area (TPSA) is 55.8 Å². The zero-order valence-corrected chi connectivity index (χ0v) is 7.67. The second-order valence-electron chi connectivity index (χ2n) is 1.90. The van der Waals surface area contributed by atoms with Crippen molar-refractivity contribution in [3.63, 3.8) is 0 Å². The minimum atomic E-state index is -1.17. The molecule has 0 aromatic rings. The van der Waals surface area contributed by atoms with Crippen LogP contribution in [0.4, 0.5) is 0 Å². The van der Waals surface area contributed by atoms with Crippen molar-refractivity contribution in [3.05, 3.63) is 0 Å². The highest BCUT2D eigenvalue weighted by molar-refractivity contribution is 7.16. The minimum Gasteiger partial charge on any atom is -0.354 e. The Morgan fingerprint density at radius 3 is 1.50 bits per heavy atom. The average molecular weight is 169 g/mol. The third-order valence-corrected chi connectivity index (χ3v) is 0.983. The van der Waals surface area contributed by atoms with Crippen LogP contribution in [0.1, 0.15) is 13.8 Å². The van der Waals surface area contributed by atoms with E-state index < -0.39 is 14.5 Å². The lowest BCUT2D eigenvalue weighted by molar-refractivity contribution is -0.178. The Hall–Kier alpha value is -0.0200. The van der Waals surface area contributed by atoms with E-state index in [1.165, 1.54) is 0 Å². The Labute approximate surface area is 62.4 Å². The van der Waals surface area contributed by atoms with E-state index in [2.05, 4.69) is 0 Å². The van der Waals surface area contributed by atoms with Crippen LogP contribution in [-0.4, -0.2) is 24.9 Å². The molecule has 0 heterocycles. The van der Waals surface area contributed by atoms with Crippen LogP contribution >= 0.6 is 8.69 Å². The fraction of sp³-hybridized carbons (Fsp3) is 1.00. The summed E-state index contributed by atoms with van der Waals surface area (Å²) in [7, 11) is 2.06. The molecule has 0 aliphatic carbocycles. The first-order chi connectivity index (χ1) is 4.54. The summed E-state index contributed by atoms with van der Waals surface area (Å²) >= 11 is 0. The highest BCUT2D eigenvalue weighted by atomic mass is 31.1. The number of hydrogen-bond donors (Lipinski definition) is 1.